The van der Waals surface area contributed by atoms with Crippen molar-refractivity contribution in [3.8, 4) is 5.75 Å². The van der Waals surface area contributed by atoms with Gasteiger partial charge in [-0.15, -0.1) is 0 Å². The minimum Gasteiger partial charge on any atom is -0.495 e. The first kappa shape index (κ1) is 13.9. The molecule has 0 N–H and O–H groups in total. The van der Waals surface area contributed by atoms with Gasteiger partial charge in [0.25, 0.3) is 0 Å². The van der Waals surface area contributed by atoms with Crippen molar-refractivity contribution in [1.29, 1.82) is 0 Å². The molecule has 0 spiro atoms. The van der Waals surface area contributed by atoms with Gasteiger partial charge >= 0.3 is 7.12 Å². The van der Waals surface area contributed by atoms with Crippen LogP contribution >= 0.6 is 0 Å². The first-order valence-electron chi connectivity index (χ1n) is 7.23. The standard InChI is InChI=1S/C15H22BNO3/c1-14(2)15(3,4)20-16(19-14)13-8-11(10-6-7-10)12(18-5)9-17-13/h8-10H,6-7H2,1-5H3. The first-order valence-corrected chi connectivity index (χ1v) is 7.23. The molecule has 1 aliphatic carbocycles. The van der Waals surface area contributed by atoms with Crippen LogP contribution in [0.3, 0.4) is 0 Å². The van der Waals surface area contributed by atoms with Crippen molar-refractivity contribution in [3.63, 3.8) is 0 Å². The number of pyridine rings is 1. The highest BCUT2D eigenvalue weighted by atomic mass is 16.7. The molecule has 20 heavy (non-hydrogen) atoms. The molecule has 1 aliphatic heterocycles. The highest BCUT2D eigenvalue weighted by Gasteiger charge is 2.52. The zero-order chi connectivity index (χ0) is 14.5. The van der Waals surface area contributed by atoms with E-state index in [1.165, 1.54) is 18.4 Å². The second kappa shape index (κ2) is 4.47. The van der Waals surface area contributed by atoms with Gasteiger partial charge in [-0.1, -0.05) is 0 Å². The van der Waals surface area contributed by atoms with E-state index in [9.17, 15) is 0 Å². The van der Waals surface area contributed by atoms with E-state index < -0.39 is 7.12 Å². The molecule has 108 valence electrons. The number of methoxy groups -OCH3 is 1. The van der Waals surface area contributed by atoms with Gasteiger partial charge in [-0.05, 0) is 58.1 Å². The Kier molecular flexibility index (Phi) is 3.10. The molecule has 0 bridgehead atoms. The fourth-order valence-corrected chi connectivity index (χ4v) is 2.45. The highest BCUT2D eigenvalue weighted by Crippen LogP contribution is 2.44. The molecule has 0 aromatic carbocycles. The van der Waals surface area contributed by atoms with Gasteiger partial charge in [0, 0.05) is 0 Å². The molecule has 2 heterocycles. The highest BCUT2D eigenvalue weighted by molar-refractivity contribution is 6.61. The molecule has 5 heteroatoms. The molecule has 4 nitrogen and oxygen atoms in total. The lowest BCUT2D eigenvalue weighted by Gasteiger charge is -2.32. The van der Waals surface area contributed by atoms with Crippen molar-refractivity contribution < 1.29 is 14.0 Å². The number of nitrogens with zero attached hydrogens (tertiary/aromatic N) is 1. The summed E-state index contributed by atoms with van der Waals surface area (Å²) in [4.78, 5) is 4.46. The summed E-state index contributed by atoms with van der Waals surface area (Å²) in [6, 6.07) is 2.08. The maximum atomic E-state index is 6.05. The maximum Gasteiger partial charge on any atom is 0.514 e. The molecule has 0 atom stereocenters. The van der Waals surface area contributed by atoms with Gasteiger partial charge in [-0.25, -0.2) is 0 Å². The molecular formula is C15H22BNO3. The number of hydrogen-bond donors (Lipinski definition) is 0. The van der Waals surface area contributed by atoms with Crippen molar-refractivity contribution in [2.24, 2.45) is 0 Å². The molecule has 2 aliphatic rings. The van der Waals surface area contributed by atoms with E-state index in [4.69, 9.17) is 14.0 Å². The van der Waals surface area contributed by atoms with Crippen molar-refractivity contribution in [2.45, 2.75) is 57.7 Å². The Morgan fingerprint density at radius 2 is 1.80 bits per heavy atom. The number of ether oxygens (including phenoxy) is 1. The topological polar surface area (TPSA) is 40.6 Å². The summed E-state index contributed by atoms with van der Waals surface area (Å²) in [7, 11) is 1.29. The SMILES string of the molecule is COc1cnc(B2OC(C)(C)C(C)(C)O2)cc1C1CC1. The number of rotatable bonds is 3. The summed E-state index contributed by atoms with van der Waals surface area (Å²) in [6.45, 7) is 8.22. The Balaban J connectivity index is 1.90. The Morgan fingerprint density at radius 3 is 2.30 bits per heavy atom. The second-order valence-corrected chi connectivity index (χ2v) is 6.71. The van der Waals surface area contributed by atoms with Crippen LogP contribution in [0.4, 0.5) is 0 Å². The number of aromatic nitrogens is 1. The lowest BCUT2D eigenvalue weighted by molar-refractivity contribution is 0.00578. The zero-order valence-electron chi connectivity index (χ0n) is 12.9. The molecule has 1 aromatic heterocycles. The van der Waals surface area contributed by atoms with E-state index in [-0.39, 0.29) is 11.2 Å². The zero-order valence-corrected chi connectivity index (χ0v) is 12.9. The smallest absolute Gasteiger partial charge is 0.495 e. The van der Waals surface area contributed by atoms with Gasteiger partial charge in [0.15, 0.2) is 0 Å². The third kappa shape index (κ3) is 2.23. The van der Waals surface area contributed by atoms with E-state index in [2.05, 4.69) is 38.7 Å². The Morgan fingerprint density at radius 1 is 1.20 bits per heavy atom. The lowest BCUT2D eigenvalue weighted by atomic mass is 9.83. The van der Waals surface area contributed by atoms with Crippen molar-refractivity contribution >= 4 is 12.7 Å². The van der Waals surface area contributed by atoms with Crippen LogP contribution in [0.2, 0.25) is 0 Å². The molecular weight excluding hydrogens is 253 g/mol. The van der Waals surface area contributed by atoms with Crippen LogP contribution in [0.15, 0.2) is 12.3 Å². The predicted molar refractivity (Wildman–Crippen MR) is 78.5 cm³/mol. The van der Waals surface area contributed by atoms with Crippen LogP contribution in [-0.2, 0) is 9.31 Å². The Hall–Kier alpha value is -1.07. The monoisotopic (exact) mass is 275 g/mol. The normalized spacial score (nSPS) is 23.9. The summed E-state index contributed by atoms with van der Waals surface area (Å²) >= 11 is 0. The Bertz CT molecular complexity index is 510. The van der Waals surface area contributed by atoms with E-state index >= 15 is 0 Å². The molecule has 2 fully saturated rings. The third-order valence-electron chi connectivity index (χ3n) is 4.65. The van der Waals surface area contributed by atoms with E-state index in [0.717, 1.165) is 11.3 Å². The molecule has 3 rings (SSSR count). The largest absolute Gasteiger partial charge is 0.514 e. The van der Waals surface area contributed by atoms with Crippen LogP contribution in [0, 0.1) is 0 Å². The van der Waals surface area contributed by atoms with E-state index in [1.807, 2.05) is 0 Å². The first-order chi connectivity index (χ1) is 9.34. The summed E-state index contributed by atoms with van der Waals surface area (Å²) in [6.07, 6.45) is 4.24. The fourth-order valence-electron chi connectivity index (χ4n) is 2.45. The predicted octanol–water partition coefficient (Wildman–Crippen LogP) is 2.27. The van der Waals surface area contributed by atoms with Gasteiger partial charge in [-0.3, -0.25) is 4.98 Å². The van der Waals surface area contributed by atoms with Gasteiger partial charge in [-0.2, -0.15) is 0 Å². The molecule has 0 radical (unpaired) electrons. The average Bonchev–Trinajstić information content (AvgIpc) is 3.17. The van der Waals surface area contributed by atoms with Gasteiger partial charge in [0.1, 0.15) is 5.75 Å². The quantitative estimate of drug-likeness (QED) is 0.793. The molecule has 0 amide bonds. The third-order valence-corrected chi connectivity index (χ3v) is 4.65. The Labute approximate surface area is 121 Å². The number of hydrogen-bond acceptors (Lipinski definition) is 4. The molecule has 1 aromatic rings. The second-order valence-electron chi connectivity index (χ2n) is 6.71. The van der Waals surface area contributed by atoms with Crippen molar-refractivity contribution in [2.75, 3.05) is 7.11 Å². The summed E-state index contributed by atoms with van der Waals surface area (Å²) in [5.41, 5.74) is 1.40. The van der Waals surface area contributed by atoms with Crippen molar-refractivity contribution in [1.82, 2.24) is 4.98 Å². The van der Waals surface area contributed by atoms with Crippen molar-refractivity contribution in [3.05, 3.63) is 17.8 Å². The van der Waals surface area contributed by atoms with Gasteiger partial charge in [0.2, 0.25) is 0 Å². The molecule has 1 saturated heterocycles. The minimum atomic E-state index is -0.400. The average molecular weight is 275 g/mol. The summed E-state index contributed by atoms with van der Waals surface area (Å²) in [5.74, 6) is 1.47. The minimum absolute atomic E-state index is 0.334. The fraction of sp³-hybridized carbons (Fsp3) is 0.667. The van der Waals surface area contributed by atoms with E-state index in [1.54, 1.807) is 13.3 Å². The van der Waals surface area contributed by atoms with Crippen LogP contribution in [-0.4, -0.2) is 30.4 Å². The molecule has 1 saturated carbocycles. The van der Waals surface area contributed by atoms with Gasteiger partial charge in [0.05, 0.1) is 30.1 Å². The van der Waals surface area contributed by atoms with Gasteiger partial charge < -0.3 is 14.0 Å². The van der Waals surface area contributed by atoms with Crippen LogP contribution in [0.1, 0.15) is 52.0 Å². The lowest BCUT2D eigenvalue weighted by Crippen LogP contribution is -2.41. The summed E-state index contributed by atoms with van der Waals surface area (Å²) < 4.78 is 17.5. The van der Waals surface area contributed by atoms with Crippen LogP contribution < -0.4 is 10.3 Å². The maximum absolute atomic E-state index is 6.05. The summed E-state index contributed by atoms with van der Waals surface area (Å²) in [5, 5.41) is 0. The van der Waals surface area contributed by atoms with E-state index in [0.29, 0.717) is 5.92 Å². The molecule has 0 unspecified atom stereocenters. The van der Waals surface area contributed by atoms with Crippen LogP contribution in [0.25, 0.3) is 0 Å². The van der Waals surface area contributed by atoms with Crippen LogP contribution in [0.5, 0.6) is 5.75 Å².